The molecule has 1 unspecified atom stereocenters. The van der Waals surface area contributed by atoms with Crippen LogP contribution >= 0.6 is 15.9 Å². The maximum Gasteiger partial charge on any atom is 0.0490 e. The summed E-state index contributed by atoms with van der Waals surface area (Å²) >= 11 is 3.51. The molecule has 0 aromatic heterocycles. The van der Waals surface area contributed by atoms with Gasteiger partial charge in [-0.25, -0.2) is 0 Å². The number of anilines is 2. The van der Waals surface area contributed by atoms with Crippen LogP contribution in [0, 0.1) is 0 Å². The van der Waals surface area contributed by atoms with Crippen LogP contribution < -0.4 is 11.1 Å². The molecular formula is C14H15BrN2. The zero-order chi connectivity index (χ0) is 12.3. The van der Waals surface area contributed by atoms with Gasteiger partial charge in [-0.2, -0.15) is 0 Å². The van der Waals surface area contributed by atoms with E-state index in [4.69, 9.17) is 5.73 Å². The predicted octanol–water partition coefficient (Wildman–Crippen LogP) is 4.20. The Bertz CT molecular complexity index is 497. The van der Waals surface area contributed by atoms with E-state index in [1.54, 1.807) is 0 Å². The van der Waals surface area contributed by atoms with Gasteiger partial charge in [0.2, 0.25) is 0 Å². The van der Waals surface area contributed by atoms with Crippen LogP contribution in [0.25, 0.3) is 0 Å². The third kappa shape index (κ3) is 3.01. The lowest BCUT2D eigenvalue weighted by Gasteiger charge is -2.17. The topological polar surface area (TPSA) is 38.0 Å². The van der Waals surface area contributed by atoms with Crippen LogP contribution in [0.3, 0.4) is 0 Å². The van der Waals surface area contributed by atoms with Crippen LogP contribution in [-0.2, 0) is 0 Å². The van der Waals surface area contributed by atoms with Crippen LogP contribution in [0.5, 0.6) is 0 Å². The minimum Gasteiger partial charge on any atom is -0.399 e. The summed E-state index contributed by atoms with van der Waals surface area (Å²) < 4.78 is 0.986. The fourth-order valence-corrected chi connectivity index (χ4v) is 2.22. The molecule has 2 aromatic carbocycles. The standard InChI is InChI=1S/C14H15BrN2/c1-10(11-5-3-2-4-6-11)17-14-8-7-12(16)9-13(14)15/h2-10,17H,16H2,1H3. The molecule has 0 aliphatic carbocycles. The fraction of sp³-hybridized carbons (Fsp3) is 0.143. The molecule has 0 spiro atoms. The number of hydrogen-bond acceptors (Lipinski definition) is 2. The Morgan fingerprint density at radius 1 is 1.12 bits per heavy atom. The number of halogens is 1. The Morgan fingerprint density at radius 3 is 2.47 bits per heavy atom. The van der Waals surface area contributed by atoms with Crippen molar-refractivity contribution in [1.82, 2.24) is 0 Å². The molecule has 2 aromatic rings. The Balaban J connectivity index is 2.16. The summed E-state index contributed by atoms with van der Waals surface area (Å²) in [5.74, 6) is 0. The van der Waals surface area contributed by atoms with Crippen molar-refractivity contribution in [2.24, 2.45) is 0 Å². The van der Waals surface area contributed by atoms with Crippen molar-refractivity contribution >= 4 is 27.3 Å². The highest BCUT2D eigenvalue weighted by atomic mass is 79.9. The van der Waals surface area contributed by atoms with Crippen LogP contribution in [0.1, 0.15) is 18.5 Å². The second-order valence-electron chi connectivity index (χ2n) is 4.02. The lowest BCUT2D eigenvalue weighted by Crippen LogP contribution is -2.06. The van der Waals surface area contributed by atoms with E-state index in [2.05, 4.69) is 40.3 Å². The lowest BCUT2D eigenvalue weighted by molar-refractivity contribution is 0.884. The molecule has 17 heavy (non-hydrogen) atoms. The first-order valence-corrected chi connectivity index (χ1v) is 6.32. The average Bonchev–Trinajstić information content (AvgIpc) is 2.34. The van der Waals surface area contributed by atoms with Crippen molar-refractivity contribution in [3.05, 3.63) is 58.6 Å². The lowest BCUT2D eigenvalue weighted by atomic mass is 10.1. The van der Waals surface area contributed by atoms with Crippen LogP contribution in [0.15, 0.2) is 53.0 Å². The fourth-order valence-electron chi connectivity index (χ4n) is 1.71. The Kier molecular flexibility index (Phi) is 3.69. The highest BCUT2D eigenvalue weighted by molar-refractivity contribution is 9.10. The second-order valence-corrected chi connectivity index (χ2v) is 4.87. The molecule has 88 valence electrons. The predicted molar refractivity (Wildman–Crippen MR) is 77.0 cm³/mol. The molecule has 1 atom stereocenters. The number of nitrogens with one attached hydrogen (secondary N) is 1. The highest BCUT2D eigenvalue weighted by Gasteiger charge is 2.06. The summed E-state index contributed by atoms with van der Waals surface area (Å²) in [4.78, 5) is 0. The first-order valence-electron chi connectivity index (χ1n) is 5.53. The SMILES string of the molecule is CC(Nc1ccc(N)cc1Br)c1ccccc1. The van der Waals surface area contributed by atoms with Gasteiger partial charge in [0.1, 0.15) is 0 Å². The van der Waals surface area contributed by atoms with Gasteiger partial charge >= 0.3 is 0 Å². The van der Waals surface area contributed by atoms with Gasteiger partial charge in [0.15, 0.2) is 0 Å². The summed E-state index contributed by atoms with van der Waals surface area (Å²) in [6, 6.07) is 16.4. The number of benzene rings is 2. The molecule has 0 saturated carbocycles. The van der Waals surface area contributed by atoms with Gasteiger partial charge in [0.05, 0.1) is 0 Å². The largest absolute Gasteiger partial charge is 0.399 e. The van der Waals surface area contributed by atoms with Gasteiger partial charge in [-0.15, -0.1) is 0 Å². The van der Waals surface area contributed by atoms with E-state index >= 15 is 0 Å². The molecule has 2 rings (SSSR count). The zero-order valence-corrected chi connectivity index (χ0v) is 11.2. The van der Waals surface area contributed by atoms with Gasteiger partial charge in [0.25, 0.3) is 0 Å². The smallest absolute Gasteiger partial charge is 0.0490 e. The molecule has 0 aliphatic heterocycles. The average molecular weight is 291 g/mol. The van der Waals surface area contributed by atoms with Crippen LogP contribution in [0.2, 0.25) is 0 Å². The highest BCUT2D eigenvalue weighted by Crippen LogP contribution is 2.28. The first kappa shape index (κ1) is 12.0. The molecule has 0 heterocycles. The first-order chi connectivity index (χ1) is 8.16. The van der Waals surface area contributed by atoms with Gasteiger partial charge in [-0.3, -0.25) is 0 Å². The van der Waals surface area contributed by atoms with Crippen molar-refractivity contribution in [2.45, 2.75) is 13.0 Å². The van der Waals surface area contributed by atoms with E-state index < -0.39 is 0 Å². The van der Waals surface area contributed by atoms with Gasteiger partial charge < -0.3 is 11.1 Å². The molecular weight excluding hydrogens is 276 g/mol. The third-order valence-electron chi connectivity index (χ3n) is 2.66. The van der Waals surface area contributed by atoms with Crippen molar-refractivity contribution in [2.75, 3.05) is 11.1 Å². The molecule has 0 amide bonds. The van der Waals surface area contributed by atoms with Gasteiger partial charge in [-0.05, 0) is 46.6 Å². The summed E-state index contributed by atoms with van der Waals surface area (Å²) in [6.45, 7) is 2.14. The molecule has 0 bridgehead atoms. The molecule has 2 nitrogen and oxygen atoms in total. The maximum atomic E-state index is 5.71. The minimum atomic E-state index is 0.260. The Morgan fingerprint density at radius 2 is 1.82 bits per heavy atom. The molecule has 3 N–H and O–H groups in total. The summed E-state index contributed by atoms with van der Waals surface area (Å²) in [6.07, 6.45) is 0. The van der Waals surface area contributed by atoms with Crippen molar-refractivity contribution in [3.8, 4) is 0 Å². The minimum absolute atomic E-state index is 0.260. The number of nitrogens with two attached hydrogens (primary N) is 1. The number of rotatable bonds is 3. The number of nitrogen functional groups attached to an aromatic ring is 1. The molecule has 0 saturated heterocycles. The molecule has 0 aliphatic rings. The van der Waals surface area contributed by atoms with E-state index in [0.717, 1.165) is 15.8 Å². The van der Waals surface area contributed by atoms with Crippen molar-refractivity contribution in [1.29, 1.82) is 0 Å². The van der Waals surface area contributed by atoms with Crippen LogP contribution in [0.4, 0.5) is 11.4 Å². The van der Waals surface area contributed by atoms with Gasteiger partial charge in [0, 0.05) is 21.9 Å². The Hall–Kier alpha value is -1.48. The van der Waals surface area contributed by atoms with E-state index in [9.17, 15) is 0 Å². The van der Waals surface area contributed by atoms with Crippen LogP contribution in [-0.4, -0.2) is 0 Å². The quantitative estimate of drug-likeness (QED) is 0.831. The van der Waals surface area contributed by atoms with Crippen molar-refractivity contribution < 1.29 is 0 Å². The van der Waals surface area contributed by atoms with Gasteiger partial charge in [-0.1, -0.05) is 30.3 Å². The van der Waals surface area contributed by atoms with Crippen molar-refractivity contribution in [3.63, 3.8) is 0 Å². The summed E-state index contributed by atoms with van der Waals surface area (Å²) in [5.41, 5.74) is 8.78. The second kappa shape index (κ2) is 5.23. The van der Waals surface area contributed by atoms with E-state index in [-0.39, 0.29) is 6.04 Å². The zero-order valence-electron chi connectivity index (χ0n) is 9.65. The normalized spacial score (nSPS) is 12.1. The summed E-state index contributed by atoms with van der Waals surface area (Å²) in [5, 5.41) is 3.45. The number of hydrogen-bond donors (Lipinski definition) is 2. The monoisotopic (exact) mass is 290 g/mol. The molecule has 3 heteroatoms. The van der Waals surface area contributed by atoms with E-state index in [0.29, 0.717) is 0 Å². The molecule has 0 radical (unpaired) electrons. The van der Waals surface area contributed by atoms with E-state index in [1.807, 2.05) is 36.4 Å². The molecule has 0 fully saturated rings. The summed E-state index contributed by atoms with van der Waals surface area (Å²) in [7, 11) is 0. The Labute approximate surface area is 110 Å². The third-order valence-corrected chi connectivity index (χ3v) is 3.32. The van der Waals surface area contributed by atoms with E-state index in [1.165, 1.54) is 5.56 Å². The maximum absolute atomic E-state index is 5.71.